The Kier molecular flexibility index (Phi) is 4.79. The third-order valence-corrected chi connectivity index (χ3v) is 3.39. The first-order valence-electron chi connectivity index (χ1n) is 6.16. The second kappa shape index (κ2) is 6.57. The minimum Gasteiger partial charge on any atom is -0.489 e. The number of ether oxygens (including phenoxy) is 2. The molecule has 0 radical (unpaired) electrons. The van der Waals surface area contributed by atoms with E-state index in [1.54, 1.807) is 6.07 Å². The molecular weight excluding hydrogens is 320 g/mol. The van der Waals surface area contributed by atoms with Gasteiger partial charge in [-0.05, 0) is 31.2 Å². The van der Waals surface area contributed by atoms with Crippen LogP contribution < -0.4 is 4.74 Å². The summed E-state index contributed by atoms with van der Waals surface area (Å²) in [4.78, 5) is 11.7. The second-order valence-corrected chi connectivity index (χ2v) is 5.31. The number of aryl methyl sites for hydroxylation is 1. The van der Waals surface area contributed by atoms with Crippen molar-refractivity contribution in [3.05, 3.63) is 63.6 Å². The van der Waals surface area contributed by atoms with Gasteiger partial charge in [-0.1, -0.05) is 39.7 Å². The van der Waals surface area contributed by atoms with Crippen LogP contribution in [-0.2, 0) is 11.3 Å². The van der Waals surface area contributed by atoms with Gasteiger partial charge in [0.15, 0.2) is 0 Å². The van der Waals surface area contributed by atoms with E-state index >= 15 is 0 Å². The zero-order valence-corrected chi connectivity index (χ0v) is 12.9. The molecule has 0 N–H and O–H groups in total. The highest BCUT2D eigenvalue weighted by atomic mass is 79.9. The Hall–Kier alpha value is -1.81. The van der Waals surface area contributed by atoms with E-state index in [0.717, 1.165) is 15.8 Å². The van der Waals surface area contributed by atoms with Crippen LogP contribution in [0.1, 0.15) is 21.5 Å². The number of carbonyl (C=O) groups is 1. The molecule has 0 fully saturated rings. The highest BCUT2D eigenvalue weighted by Crippen LogP contribution is 2.20. The molecule has 104 valence electrons. The van der Waals surface area contributed by atoms with Gasteiger partial charge in [-0.3, -0.25) is 0 Å². The fourth-order valence-electron chi connectivity index (χ4n) is 1.77. The van der Waals surface area contributed by atoms with Crippen LogP contribution in [0.25, 0.3) is 0 Å². The number of benzene rings is 2. The molecule has 20 heavy (non-hydrogen) atoms. The molecule has 0 spiro atoms. The molecule has 0 aromatic heterocycles. The fourth-order valence-corrected chi connectivity index (χ4v) is 2.13. The maximum absolute atomic E-state index is 11.7. The Morgan fingerprint density at radius 2 is 1.85 bits per heavy atom. The Morgan fingerprint density at radius 1 is 1.15 bits per heavy atom. The molecule has 0 bridgehead atoms. The molecule has 0 aliphatic rings. The van der Waals surface area contributed by atoms with E-state index in [-0.39, 0.29) is 5.97 Å². The lowest BCUT2D eigenvalue weighted by atomic mass is 10.1. The number of methoxy groups -OCH3 is 1. The van der Waals surface area contributed by atoms with E-state index in [1.165, 1.54) is 12.7 Å². The maximum atomic E-state index is 11.7. The molecule has 0 saturated heterocycles. The van der Waals surface area contributed by atoms with E-state index in [4.69, 9.17) is 9.47 Å². The molecule has 2 aromatic carbocycles. The SMILES string of the molecule is COC(=O)c1cc(Br)ccc1COc1ccc(C)cc1. The van der Waals surface area contributed by atoms with Gasteiger partial charge >= 0.3 is 5.97 Å². The van der Waals surface area contributed by atoms with Crippen LogP contribution in [0.5, 0.6) is 5.75 Å². The summed E-state index contributed by atoms with van der Waals surface area (Å²) in [5.74, 6) is 0.406. The molecule has 2 aromatic rings. The van der Waals surface area contributed by atoms with Crippen molar-refractivity contribution in [3.63, 3.8) is 0 Å². The van der Waals surface area contributed by atoms with Gasteiger partial charge < -0.3 is 9.47 Å². The predicted molar refractivity (Wildman–Crippen MR) is 81.0 cm³/mol. The van der Waals surface area contributed by atoms with Crippen LogP contribution in [0.4, 0.5) is 0 Å². The minimum atomic E-state index is -0.367. The Balaban J connectivity index is 2.16. The molecule has 0 unspecified atom stereocenters. The number of halogens is 1. The summed E-state index contributed by atoms with van der Waals surface area (Å²) in [6, 6.07) is 13.2. The molecule has 0 saturated carbocycles. The van der Waals surface area contributed by atoms with Crippen molar-refractivity contribution >= 4 is 21.9 Å². The van der Waals surface area contributed by atoms with Gasteiger partial charge in [-0.15, -0.1) is 0 Å². The highest BCUT2D eigenvalue weighted by Gasteiger charge is 2.12. The number of hydrogen-bond donors (Lipinski definition) is 0. The average molecular weight is 335 g/mol. The van der Waals surface area contributed by atoms with Crippen molar-refractivity contribution in [1.29, 1.82) is 0 Å². The van der Waals surface area contributed by atoms with Crippen molar-refractivity contribution in [2.75, 3.05) is 7.11 Å². The molecule has 3 nitrogen and oxygen atoms in total. The van der Waals surface area contributed by atoms with Crippen LogP contribution in [-0.4, -0.2) is 13.1 Å². The standard InChI is InChI=1S/C16H15BrO3/c1-11-3-7-14(8-4-11)20-10-12-5-6-13(17)9-15(12)16(18)19-2/h3-9H,10H2,1-2H3. The summed E-state index contributed by atoms with van der Waals surface area (Å²) < 4.78 is 11.3. The van der Waals surface area contributed by atoms with Crippen LogP contribution in [0, 0.1) is 6.92 Å². The molecule has 0 amide bonds. The van der Waals surface area contributed by atoms with Crippen LogP contribution in [0.3, 0.4) is 0 Å². The van der Waals surface area contributed by atoms with Crippen molar-refractivity contribution < 1.29 is 14.3 Å². The first kappa shape index (κ1) is 14.6. The molecule has 4 heteroatoms. The van der Waals surface area contributed by atoms with Gasteiger partial charge in [0.2, 0.25) is 0 Å². The van der Waals surface area contributed by atoms with E-state index in [2.05, 4.69) is 15.9 Å². The van der Waals surface area contributed by atoms with Crippen LogP contribution >= 0.6 is 15.9 Å². The molecular formula is C16H15BrO3. The first-order valence-corrected chi connectivity index (χ1v) is 6.95. The van der Waals surface area contributed by atoms with Crippen LogP contribution in [0.2, 0.25) is 0 Å². The maximum Gasteiger partial charge on any atom is 0.338 e. The lowest BCUT2D eigenvalue weighted by molar-refractivity contribution is 0.0597. The van der Waals surface area contributed by atoms with Gasteiger partial charge in [0.25, 0.3) is 0 Å². The van der Waals surface area contributed by atoms with Crippen molar-refractivity contribution in [2.24, 2.45) is 0 Å². The Labute approximate surface area is 126 Å². The lowest BCUT2D eigenvalue weighted by Crippen LogP contribution is -2.08. The van der Waals surface area contributed by atoms with Crippen LogP contribution in [0.15, 0.2) is 46.9 Å². The first-order chi connectivity index (χ1) is 9.60. The number of rotatable bonds is 4. The van der Waals surface area contributed by atoms with E-state index in [0.29, 0.717) is 12.2 Å². The van der Waals surface area contributed by atoms with Crippen molar-refractivity contribution in [3.8, 4) is 5.75 Å². The number of hydrogen-bond acceptors (Lipinski definition) is 3. The minimum absolute atomic E-state index is 0.320. The van der Waals surface area contributed by atoms with E-state index < -0.39 is 0 Å². The normalized spacial score (nSPS) is 10.2. The smallest absolute Gasteiger partial charge is 0.338 e. The van der Waals surface area contributed by atoms with Crippen molar-refractivity contribution in [2.45, 2.75) is 13.5 Å². The lowest BCUT2D eigenvalue weighted by Gasteiger charge is -2.10. The summed E-state index contributed by atoms with van der Waals surface area (Å²) in [5, 5.41) is 0. The molecule has 0 aliphatic carbocycles. The summed E-state index contributed by atoms with van der Waals surface area (Å²) >= 11 is 3.35. The van der Waals surface area contributed by atoms with Gasteiger partial charge in [-0.25, -0.2) is 4.79 Å². The molecule has 0 aliphatic heterocycles. The van der Waals surface area contributed by atoms with Gasteiger partial charge in [0.1, 0.15) is 12.4 Å². The molecule has 2 rings (SSSR count). The number of carbonyl (C=O) groups excluding carboxylic acids is 1. The van der Waals surface area contributed by atoms with Gasteiger partial charge in [-0.2, -0.15) is 0 Å². The summed E-state index contributed by atoms with van der Waals surface area (Å²) in [6.45, 7) is 2.34. The third-order valence-electron chi connectivity index (χ3n) is 2.89. The van der Waals surface area contributed by atoms with Crippen molar-refractivity contribution in [1.82, 2.24) is 0 Å². The van der Waals surface area contributed by atoms with Gasteiger partial charge in [0.05, 0.1) is 12.7 Å². The summed E-state index contributed by atoms with van der Waals surface area (Å²) in [6.07, 6.45) is 0. The van der Waals surface area contributed by atoms with E-state index in [9.17, 15) is 4.79 Å². The predicted octanol–water partition coefficient (Wildman–Crippen LogP) is 4.12. The zero-order chi connectivity index (χ0) is 14.5. The zero-order valence-electron chi connectivity index (χ0n) is 11.4. The summed E-state index contributed by atoms with van der Waals surface area (Å²) in [5.41, 5.74) is 2.48. The fraction of sp³-hybridized carbons (Fsp3) is 0.188. The topological polar surface area (TPSA) is 35.5 Å². The number of esters is 1. The average Bonchev–Trinajstić information content (AvgIpc) is 2.46. The largest absolute Gasteiger partial charge is 0.489 e. The summed E-state index contributed by atoms with van der Waals surface area (Å²) in [7, 11) is 1.37. The highest BCUT2D eigenvalue weighted by molar-refractivity contribution is 9.10. The quantitative estimate of drug-likeness (QED) is 0.789. The second-order valence-electron chi connectivity index (χ2n) is 4.39. The molecule has 0 atom stereocenters. The Bertz CT molecular complexity index is 606. The Morgan fingerprint density at radius 3 is 2.50 bits per heavy atom. The van der Waals surface area contributed by atoms with Gasteiger partial charge in [0, 0.05) is 10.0 Å². The van der Waals surface area contributed by atoms with E-state index in [1.807, 2.05) is 43.3 Å². The monoisotopic (exact) mass is 334 g/mol. The third kappa shape index (κ3) is 3.61. The molecule has 0 heterocycles.